The number of carbonyl (C=O) groups is 2. The number of rotatable bonds is 11. The molecule has 4 rings (SSSR count). The van der Waals surface area contributed by atoms with Crippen LogP contribution in [0, 0.1) is 11.3 Å². The Kier molecular flexibility index (Phi) is 9.25. The molecule has 0 radical (unpaired) electrons. The average Bonchev–Trinajstić information content (AvgIpc) is 2.84. The number of hydrogen-bond acceptors (Lipinski definition) is 4. The van der Waals surface area contributed by atoms with E-state index in [4.69, 9.17) is 23.2 Å². The molecule has 10 heteroatoms. The van der Waals surface area contributed by atoms with Gasteiger partial charge in [-0.3, -0.25) is 9.59 Å². The Morgan fingerprint density at radius 2 is 1.82 bits per heavy atom. The second-order valence-corrected chi connectivity index (χ2v) is 14.8. The maximum absolute atomic E-state index is 13.7. The van der Waals surface area contributed by atoms with E-state index in [-0.39, 0.29) is 30.2 Å². The highest BCUT2D eigenvalue weighted by Gasteiger charge is 2.50. The minimum atomic E-state index is -3.64. The second kappa shape index (κ2) is 12.0. The van der Waals surface area contributed by atoms with E-state index in [0.717, 1.165) is 17.5 Å². The standard InChI is InChI=1S/C30H38Cl2N2O5S/c1-4-30(13-6-14-30)40(38,39)34-25(20-9-11-22(31)12-10-20)15-19(2)27-24(21-7-5-8-23(32)16-21)17-29(3,18-26(35)36)28(37)33-27/h5,7-12,16,19,24-25,27,34H,4,6,13-15,17-18H2,1-3H3,(H,33,37)(H,35,36)/t19?,24-,25+,27+,29+/m1/s1. The molecule has 40 heavy (non-hydrogen) atoms. The van der Waals surface area contributed by atoms with Gasteiger partial charge in [0.15, 0.2) is 0 Å². The molecule has 1 saturated carbocycles. The third-order valence-corrected chi connectivity index (χ3v) is 12.0. The van der Waals surface area contributed by atoms with E-state index in [1.807, 2.05) is 44.2 Å². The summed E-state index contributed by atoms with van der Waals surface area (Å²) < 4.78 is 29.6. The van der Waals surface area contributed by atoms with Crippen molar-refractivity contribution in [3.8, 4) is 0 Å². The van der Waals surface area contributed by atoms with E-state index in [1.165, 1.54) is 0 Å². The maximum Gasteiger partial charge on any atom is 0.304 e. The number of hydrogen-bond donors (Lipinski definition) is 3. The summed E-state index contributed by atoms with van der Waals surface area (Å²) in [7, 11) is -3.64. The molecule has 2 aromatic carbocycles. The third kappa shape index (κ3) is 6.35. The van der Waals surface area contributed by atoms with Crippen LogP contribution in [0.5, 0.6) is 0 Å². The third-order valence-electron chi connectivity index (χ3n) is 9.04. The van der Waals surface area contributed by atoms with Gasteiger partial charge in [-0.1, -0.05) is 74.7 Å². The van der Waals surface area contributed by atoms with Gasteiger partial charge in [0.2, 0.25) is 15.9 Å². The van der Waals surface area contributed by atoms with Crippen LogP contribution in [0.2, 0.25) is 10.0 Å². The SMILES string of the molecule is CCC1(S(=O)(=O)N[C@@H](CC(C)[C@@H]2NC(=O)[C@](C)(CC(=O)O)C[C@@H]2c2cccc(Cl)c2)c2ccc(Cl)cc2)CCC1. The number of nitrogens with one attached hydrogen (secondary N) is 2. The van der Waals surface area contributed by atoms with Crippen LogP contribution in [0.25, 0.3) is 0 Å². The smallest absolute Gasteiger partial charge is 0.304 e. The van der Waals surface area contributed by atoms with Crippen molar-refractivity contribution in [2.75, 3.05) is 0 Å². The summed E-state index contributed by atoms with van der Waals surface area (Å²) in [5, 5.41) is 13.8. The number of piperidine rings is 1. The van der Waals surface area contributed by atoms with Gasteiger partial charge in [-0.05, 0) is 73.4 Å². The minimum absolute atomic E-state index is 0.176. The molecule has 218 valence electrons. The summed E-state index contributed by atoms with van der Waals surface area (Å²) in [5.74, 6) is -1.74. The molecule has 1 amide bonds. The summed E-state index contributed by atoms with van der Waals surface area (Å²) in [6.45, 7) is 5.60. The molecule has 2 aromatic rings. The summed E-state index contributed by atoms with van der Waals surface area (Å²) in [6.07, 6.45) is 3.17. The van der Waals surface area contributed by atoms with Gasteiger partial charge in [-0.15, -0.1) is 0 Å². The highest BCUT2D eigenvalue weighted by molar-refractivity contribution is 7.91. The number of sulfonamides is 1. The number of benzene rings is 2. The molecule has 1 unspecified atom stereocenters. The molecule has 1 saturated heterocycles. The van der Waals surface area contributed by atoms with Crippen molar-refractivity contribution in [1.82, 2.24) is 10.0 Å². The van der Waals surface area contributed by atoms with Gasteiger partial charge in [0.25, 0.3) is 0 Å². The van der Waals surface area contributed by atoms with Crippen LogP contribution in [0.1, 0.15) is 88.8 Å². The van der Waals surface area contributed by atoms with E-state index in [2.05, 4.69) is 10.0 Å². The first-order valence-electron chi connectivity index (χ1n) is 13.8. The zero-order valence-corrected chi connectivity index (χ0v) is 25.5. The first kappa shape index (κ1) is 30.8. The monoisotopic (exact) mass is 608 g/mol. The lowest BCUT2D eigenvalue weighted by molar-refractivity contribution is -0.147. The van der Waals surface area contributed by atoms with Crippen LogP contribution in [-0.4, -0.2) is 36.2 Å². The molecule has 0 aromatic heterocycles. The number of carbonyl (C=O) groups excluding carboxylic acids is 1. The van der Waals surface area contributed by atoms with Crippen molar-refractivity contribution in [1.29, 1.82) is 0 Å². The minimum Gasteiger partial charge on any atom is -0.481 e. The Morgan fingerprint density at radius 3 is 2.38 bits per heavy atom. The lowest BCUT2D eigenvalue weighted by Crippen LogP contribution is -2.56. The zero-order chi connectivity index (χ0) is 29.3. The fourth-order valence-electron chi connectivity index (χ4n) is 6.38. The van der Waals surface area contributed by atoms with Crippen LogP contribution >= 0.6 is 23.2 Å². The molecule has 5 atom stereocenters. The summed E-state index contributed by atoms with van der Waals surface area (Å²) in [6, 6.07) is 13.7. The summed E-state index contributed by atoms with van der Waals surface area (Å²) in [5.41, 5.74) is 0.607. The van der Waals surface area contributed by atoms with Crippen molar-refractivity contribution in [3.63, 3.8) is 0 Å². The number of aliphatic carboxylic acids is 1. The Morgan fingerprint density at radius 1 is 1.15 bits per heavy atom. The highest BCUT2D eigenvalue weighted by atomic mass is 35.5. The van der Waals surface area contributed by atoms with Crippen molar-refractivity contribution < 1.29 is 23.1 Å². The second-order valence-electron chi connectivity index (χ2n) is 11.8. The van der Waals surface area contributed by atoms with Crippen LogP contribution in [0.4, 0.5) is 0 Å². The fourth-order valence-corrected chi connectivity index (χ4v) is 8.77. The number of carboxylic acid groups (broad SMARTS) is 1. The van der Waals surface area contributed by atoms with Gasteiger partial charge < -0.3 is 10.4 Å². The molecule has 1 aliphatic heterocycles. The van der Waals surface area contributed by atoms with Gasteiger partial charge in [-0.25, -0.2) is 13.1 Å². The molecule has 0 spiro atoms. The Bertz CT molecular complexity index is 1340. The van der Waals surface area contributed by atoms with Gasteiger partial charge in [0.05, 0.1) is 16.6 Å². The molecular formula is C30H38Cl2N2O5S. The van der Waals surface area contributed by atoms with Gasteiger partial charge >= 0.3 is 5.97 Å². The highest BCUT2D eigenvalue weighted by Crippen LogP contribution is 2.46. The maximum atomic E-state index is 13.7. The van der Waals surface area contributed by atoms with Crippen LogP contribution in [-0.2, 0) is 19.6 Å². The lowest BCUT2D eigenvalue weighted by Gasteiger charge is -2.45. The van der Waals surface area contributed by atoms with Crippen molar-refractivity contribution in [2.24, 2.45) is 11.3 Å². The first-order chi connectivity index (χ1) is 18.8. The largest absolute Gasteiger partial charge is 0.481 e. The Labute approximate surface area is 247 Å². The van der Waals surface area contributed by atoms with Crippen LogP contribution in [0.3, 0.4) is 0 Å². The van der Waals surface area contributed by atoms with E-state index in [0.29, 0.717) is 42.1 Å². The quantitative estimate of drug-likeness (QED) is 0.271. The summed E-state index contributed by atoms with van der Waals surface area (Å²) in [4.78, 5) is 25.0. The van der Waals surface area contributed by atoms with Crippen molar-refractivity contribution >= 4 is 45.1 Å². The van der Waals surface area contributed by atoms with Gasteiger partial charge in [-0.2, -0.15) is 0 Å². The van der Waals surface area contributed by atoms with Crippen molar-refractivity contribution in [2.45, 2.75) is 88.5 Å². The Hall–Kier alpha value is -2.13. The number of amides is 1. The predicted octanol–water partition coefficient (Wildman–Crippen LogP) is 6.47. The molecular weight excluding hydrogens is 571 g/mol. The van der Waals surface area contributed by atoms with E-state index in [1.54, 1.807) is 25.1 Å². The van der Waals surface area contributed by atoms with E-state index < -0.39 is 32.2 Å². The molecule has 2 aliphatic rings. The normalized spacial score (nSPS) is 25.9. The molecule has 0 bridgehead atoms. The van der Waals surface area contributed by atoms with Crippen molar-refractivity contribution in [3.05, 3.63) is 69.7 Å². The Balaban J connectivity index is 1.67. The molecule has 1 aliphatic carbocycles. The molecule has 1 heterocycles. The van der Waals surface area contributed by atoms with Crippen LogP contribution in [0.15, 0.2) is 48.5 Å². The van der Waals surface area contributed by atoms with Gasteiger partial charge in [0, 0.05) is 28.0 Å². The van der Waals surface area contributed by atoms with E-state index >= 15 is 0 Å². The molecule has 2 fully saturated rings. The first-order valence-corrected chi connectivity index (χ1v) is 16.1. The predicted molar refractivity (Wildman–Crippen MR) is 158 cm³/mol. The lowest BCUT2D eigenvalue weighted by atomic mass is 9.67. The van der Waals surface area contributed by atoms with Gasteiger partial charge in [0.1, 0.15) is 0 Å². The van der Waals surface area contributed by atoms with E-state index in [9.17, 15) is 23.1 Å². The number of carboxylic acids is 1. The zero-order valence-electron chi connectivity index (χ0n) is 23.1. The topological polar surface area (TPSA) is 113 Å². The average molecular weight is 610 g/mol. The fraction of sp³-hybridized carbons (Fsp3) is 0.533. The molecule has 3 N–H and O–H groups in total. The van der Waals surface area contributed by atoms with Crippen LogP contribution < -0.4 is 10.0 Å². The number of halogens is 2. The summed E-state index contributed by atoms with van der Waals surface area (Å²) >= 11 is 12.5. The molecule has 7 nitrogen and oxygen atoms in total.